The van der Waals surface area contributed by atoms with E-state index in [1.54, 1.807) is 13.1 Å². The van der Waals surface area contributed by atoms with Crippen LogP contribution in [0.1, 0.15) is 23.6 Å². The number of nitrogens with zero attached hydrogens (tertiary/aromatic N) is 2. The number of anilines is 1. The first-order chi connectivity index (χ1) is 17.2. The van der Waals surface area contributed by atoms with Crippen molar-refractivity contribution in [1.82, 2.24) is 10.6 Å². The summed E-state index contributed by atoms with van der Waals surface area (Å²) in [6.45, 7) is 1.46. The van der Waals surface area contributed by atoms with Gasteiger partial charge in [-0.05, 0) is 30.7 Å². The van der Waals surface area contributed by atoms with E-state index in [0.717, 1.165) is 23.3 Å². The molecular formula is C27H24F2N4O3. The predicted molar refractivity (Wildman–Crippen MR) is 132 cm³/mol. The molecular weight excluding hydrogens is 466 g/mol. The molecule has 0 saturated heterocycles. The fraction of sp³-hybridized carbons (Fsp3) is 0.185. The second-order valence-electron chi connectivity index (χ2n) is 8.38. The molecule has 3 aromatic rings. The number of rotatable bonds is 6. The maximum Gasteiger partial charge on any atom is 0.272 e. The molecule has 0 fully saturated rings. The highest BCUT2D eigenvalue weighted by atomic mass is 19.2. The molecule has 2 atom stereocenters. The second-order valence-corrected chi connectivity index (χ2v) is 8.38. The molecule has 3 amide bonds. The molecule has 1 aliphatic heterocycles. The summed E-state index contributed by atoms with van der Waals surface area (Å²) >= 11 is 0. The molecule has 0 spiro atoms. The molecule has 1 aliphatic rings. The van der Waals surface area contributed by atoms with Crippen LogP contribution in [-0.4, -0.2) is 42.7 Å². The standard InChI is InChI=1S/C27H24F2N4O3/c1-16(30-23(34)15-17-12-13-20(28)21(29)14-17)26(35)32-25-27(36)33(2)22-11-7-6-10-19(22)24(31-25)18-8-4-3-5-9-18/h3-14,16,25H,15H2,1-2H3,(H,30,34)(H,32,35)/t16-,25+/m0/s1. The Morgan fingerprint density at radius 3 is 2.42 bits per heavy atom. The van der Waals surface area contributed by atoms with Crippen molar-refractivity contribution in [2.75, 3.05) is 11.9 Å². The zero-order chi connectivity index (χ0) is 25.8. The fourth-order valence-electron chi connectivity index (χ4n) is 3.90. The van der Waals surface area contributed by atoms with Gasteiger partial charge in [-0.2, -0.15) is 0 Å². The summed E-state index contributed by atoms with van der Waals surface area (Å²) in [5, 5.41) is 5.13. The Hall–Kier alpha value is -4.40. The summed E-state index contributed by atoms with van der Waals surface area (Å²) < 4.78 is 26.5. The SMILES string of the molecule is C[C@H](NC(=O)Cc1ccc(F)c(F)c1)C(=O)N[C@H]1N=C(c2ccccc2)c2ccccc2N(C)C1=O. The third-order valence-electron chi connectivity index (χ3n) is 5.79. The molecule has 4 rings (SSSR count). The smallest absolute Gasteiger partial charge is 0.272 e. The van der Waals surface area contributed by atoms with Gasteiger partial charge in [0.15, 0.2) is 11.6 Å². The molecule has 9 heteroatoms. The molecule has 0 bridgehead atoms. The number of aliphatic imine (C=N–C) groups is 1. The number of carbonyl (C=O) groups excluding carboxylic acids is 3. The van der Waals surface area contributed by atoms with Gasteiger partial charge >= 0.3 is 0 Å². The number of nitrogens with one attached hydrogen (secondary N) is 2. The number of fused-ring (bicyclic) bond motifs is 1. The first kappa shape index (κ1) is 24.7. The number of likely N-dealkylation sites (N-methyl/N-ethyl adjacent to an activating group) is 1. The second kappa shape index (κ2) is 10.5. The molecule has 0 saturated carbocycles. The molecule has 3 aromatic carbocycles. The van der Waals surface area contributed by atoms with Gasteiger partial charge in [0, 0.05) is 18.2 Å². The lowest BCUT2D eigenvalue weighted by atomic mass is 10.0. The molecule has 0 aromatic heterocycles. The monoisotopic (exact) mass is 490 g/mol. The molecule has 1 heterocycles. The van der Waals surface area contributed by atoms with Crippen LogP contribution < -0.4 is 15.5 Å². The number of para-hydroxylation sites is 1. The van der Waals surface area contributed by atoms with Gasteiger partial charge in [0.1, 0.15) is 6.04 Å². The Morgan fingerprint density at radius 2 is 1.69 bits per heavy atom. The maximum atomic E-state index is 13.4. The van der Waals surface area contributed by atoms with Crippen LogP contribution in [0.4, 0.5) is 14.5 Å². The Kier molecular flexibility index (Phi) is 7.19. The third kappa shape index (κ3) is 5.30. The van der Waals surface area contributed by atoms with Crippen LogP contribution >= 0.6 is 0 Å². The van der Waals surface area contributed by atoms with Crippen LogP contribution in [0.3, 0.4) is 0 Å². The average molecular weight is 491 g/mol. The summed E-state index contributed by atoms with van der Waals surface area (Å²) in [5.74, 6) is -3.70. The van der Waals surface area contributed by atoms with E-state index in [1.165, 1.54) is 17.9 Å². The quantitative estimate of drug-likeness (QED) is 0.557. The average Bonchev–Trinajstić information content (AvgIpc) is 2.97. The fourth-order valence-corrected chi connectivity index (χ4v) is 3.90. The van der Waals surface area contributed by atoms with E-state index in [-0.39, 0.29) is 12.0 Å². The molecule has 0 aliphatic carbocycles. The minimum absolute atomic E-state index is 0.245. The number of benzene rings is 3. The van der Waals surface area contributed by atoms with Gasteiger partial charge in [-0.1, -0.05) is 54.6 Å². The maximum absolute atomic E-state index is 13.4. The number of carbonyl (C=O) groups is 3. The summed E-state index contributed by atoms with van der Waals surface area (Å²) in [6, 6.07) is 18.8. The number of halogens is 2. The van der Waals surface area contributed by atoms with Crippen LogP contribution in [0.15, 0.2) is 77.8 Å². The minimum atomic E-state index is -1.23. The zero-order valence-corrected chi connectivity index (χ0v) is 19.7. The Morgan fingerprint density at radius 1 is 1.00 bits per heavy atom. The lowest BCUT2D eigenvalue weighted by molar-refractivity contribution is -0.130. The highest BCUT2D eigenvalue weighted by Crippen LogP contribution is 2.27. The van der Waals surface area contributed by atoms with Gasteiger partial charge in [0.2, 0.25) is 18.0 Å². The topological polar surface area (TPSA) is 90.9 Å². The van der Waals surface area contributed by atoms with Crippen molar-refractivity contribution in [2.24, 2.45) is 4.99 Å². The highest BCUT2D eigenvalue weighted by Gasteiger charge is 2.32. The summed E-state index contributed by atoms with van der Waals surface area (Å²) in [5.41, 5.74) is 2.97. The number of amides is 3. The van der Waals surface area contributed by atoms with E-state index >= 15 is 0 Å². The summed E-state index contributed by atoms with van der Waals surface area (Å²) in [4.78, 5) is 44.5. The van der Waals surface area contributed by atoms with Crippen molar-refractivity contribution >= 4 is 29.1 Å². The van der Waals surface area contributed by atoms with Crippen LogP contribution in [-0.2, 0) is 20.8 Å². The number of hydrogen-bond acceptors (Lipinski definition) is 4. The van der Waals surface area contributed by atoms with E-state index in [1.807, 2.05) is 48.5 Å². The molecule has 0 radical (unpaired) electrons. The highest BCUT2D eigenvalue weighted by molar-refractivity contribution is 6.20. The Labute approximate surface area is 206 Å². The van der Waals surface area contributed by atoms with Crippen LogP contribution in [0.2, 0.25) is 0 Å². The van der Waals surface area contributed by atoms with Crippen molar-refractivity contribution in [2.45, 2.75) is 25.6 Å². The van der Waals surface area contributed by atoms with Crippen molar-refractivity contribution in [3.8, 4) is 0 Å². The molecule has 2 N–H and O–H groups in total. The molecule has 7 nitrogen and oxygen atoms in total. The predicted octanol–water partition coefficient (Wildman–Crippen LogP) is 2.97. The normalized spacial score (nSPS) is 15.9. The number of hydrogen-bond donors (Lipinski definition) is 2. The van der Waals surface area contributed by atoms with Crippen molar-refractivity contribution < 1.29 is 23.2 Å². The Balaban J connectivity index is 1.52. The van der Waals surface area contributed by atoms with Crippen molar-refractivity contribution in [1.29, 1.82) is 0 Å². The lowest BCUT2D eigenvalue weighted by Gasteiger charge is -2.22. The lowest BCUT2D eigenvalue weighted by Crippen LogP contribution is -2.52. The van der Waals surface area contributed by atoms with Gasteiger partial charge in [0.25, 0.3) is 5.91 Å². The van der Waals surface area contributed by atoms with Gasteiger partial charge in [-0.15, -0.1) is 0 Å². The Bertz CT molecular complexity index is 1340. The molecule has 36 heavy (non-hydrogen) atoms. The van der Waals surface area contributed by atoms with E-state index in [4.69, 9.17) is 0 Å². The first-order valence-corrected chi connectivity index (χ1v) is 11.3. The molecule has 184 valence electrons. The van der Waals surface area contributed by atoms with Crippen molar-refractivity contribution in [3.63, 3.8) is 0 Å². The zero-order valence-electron chi connectivity index (χ0n) is 19.7. The van der Waals surface area contributed by atoms with Gasteiger partial charge in [-0.25, -0.2) is 13.8 Å². The largest absolute Gasteiger partial charge is 0.344 e. The summed E-state index contributed by atoms with van der Waals surface area (Å²) in [6.07, 6.45) is -1.47. The van der Waals surface area contributed by atoms with Gasteiger partial charge in [-0.3, -0.25) is 14.4 Å². The van der Waals surface area contributed by atoms with Crippen LogP contribution in [0.5, 0.6) is 0 Å². The molecule has 0 unspecified atom stereocenters. The van der Waals surface area contributed by atoms with E-state index in [2.05, 4.69) is 15.6 Å². The minimum Gasteiger partial charge on any atom is -0.344 e. The number of benzodiazepines with no additional fused rings is 1. The van der Waals surface area contributed by atoms with E-state index < -0.39 is 41.6 Å². The summed E-state index contributed by atoms with van der Waals surface area (Å²) in [7, 11) is 1.61. The van der Waals surface area contributed by atoms with Gasteiger partial charge in [0.05, 0.1) is 17.8 Å². The van der Waals surface area contributed by atoms with Crippen LogP contribution in [0.25, 0.3) is 0 Å². The van der Waals surface area contributed by atoms with Crippen LogP contribution in [0, 0.1) is 11.6 Å². The van der Waals surface area contributed by atoms with Crippen molar-refractivity contribution in [3.05, 3.63) is 101 Å². The first-order valence-electron chi connectivity index (χ1n) is 11.3. The third-order valence-corrected chi connectivity index (χ3v) is 5.79. The van der Waals surface area contributed by atoms with E-state index in [9.17, 15) is 23.2 Å². The van der Waals surface area contributed by atoms with E-state index in [0.29, 0.717) is 11.4 Å². The van der Waals surface area contributed by atoms with Gasteiger partial charge < -0.3 is 15.5 Å².